The predicted octanol–water partition coefficient (Wildman–Crippen LogP) is 0.671. The van der Waals surface area contributed by atoms with Crippen molar-refractivity contribution in [3.8, 4) is 0 Å². The Labute approximate surface area is 94.6 Å². The normalized spacial score (nSPS) is 24.1. The molecule has 1 unspecified atom stereocenters. The molecule has 3 rings (SSSR count). The van der Waals surface area contributed by atoms with E-state index in [1.54, 1.807) is 6.33 Å². The number of rotatable bonds is 2. The third-order valence-corrected chi connectivity index (χ3v) is 3.16. The van der Waals surface area contributed by atoms with Gasteiger partial charge in [0.15, 0.2) is 0 Å². The molecule has 0 saturated carbocycles. The third-order valence-electron chi connectivity index (χ3n) is 3.16. The lowest BCUT2D eigenvalue weighted by Gasteiger charge is -2.24. The van der Waals surface area contributed by atoms with Crippen molar-refractivity contribution in [2.24, 2.45) is 0 Å². The SMILES string of the molecule is c1nc2c(c(NC3CCCNC3)n1)COC2. The van der Waals surface area contributed by atoms with Crippen LogP contribution < -0.4 is 10.6 Å². The van der Waals surface area contributed by atoms with Crippen molar-refractivity contribution in [3.63, 3.8) is 0 Å². The van der Waals surface area contributed by atoms with Gasteiger partial charge in [-0.25, -0.2) is 9.97 Å². The first kappa shape index (κ1) is 9.99. The van der Waals surface area contributed by atoms with E-state index in [0.717, 1.165) is 30.2 Å². The predicted molar refractivity (Wildman–Crippen MR) is 60.0 cm³/mol. The molecule has 0 amide bonds. The summed E-state index contributed by atoms with van der Waals surface area (Å²) in [7, 11) is 0. The second-order valence-corrected chi connectivity index (χ2v) is 4.33. The zero-order chi connectivity index (χ0) is 10.8. The Hall–Kier alpha value is -1.20. The van der Waals surface area contributed by atoms with E-state index in [-0.39, 0.29) is 0 Å². The lowest BCUT2D eigenvalue weighted by atomic mass is 10.1. The first-order chi connectivity index (χ1) is 7.93. The van der Waals surface area contributed by atoms with Crippen molar-refractivity contribution in [2.45, 2.75) is 32.1 Å². The Morgan fingerprint density at radius 1 is 1.38 bits per heavy atom. The molecular weight excluding hydrogens is 204 g/mol. The maximum Gasteiger partial charge on any atom is 0.135 e. The van der Waals surface area contributed by atoms with Gasteiger partial charge in [0.2, 0.25) is 0 Å². The quantitative estimate of drug-likeness (QED) is 0.767. The van der Waals surface area contributed by atoms with Gasteiger partial charge < -0.3 is 15.4 Å². The topological polar surface area (TPSA) is 59.1 Å². The summed E-state index contributed by atoms with van der Waals surface area (Å²) < 4.78 is 5.39. The molecule has 0 radical (unpaired) electrons. The van der Waals surface area contributed by atoms with Crippen molar-refractivity contribution in [2.75, 3.05) is 18.4 Å². The maximum atomic E-state index is 5.39. The molecule has 1 aromatic rings. The van der Waals surface area contributed by atoms with Crippen molar-refractivity contribution < 1.29 is 4.74 Å². The molecule has 1 saturated heterocycles. The molecule has 0 aliphatic carbocycles. The van der Waals surface area contributed by atoms with E-state index in [1.807, 2.05) is 0 Å². The highest BCUT2D eigenvalue weighted by atomic mass is 16.5. The van der Waals surface area contributed by atoms with E-state index >= 15 is 0 Å². The number of nitrogens with one attached hydrogen (secondary N) is 2. The third kappa shape index (κ3) is 1.88. The summed E-state index contributed by atoms with van der Waals surface area (Å²) in [5, 5.41) is 6.87. The summed E-state index contributed by atoms with van der Waals surface area (Å²) in [5.41, 5.74) is 2.16. The van der Waals surface area contributed by atoms with Crippen LogP contribution in [0.2, 0.25) is 0 Å². The highest BCUT2D eigenvalue weighted by molar-refractivity contribution is 5.47. The Morgan fingerprint density at radius 2 is 2.38 bits per heavy atom. The first-order valence-electron chi connectivity index (χ1n) is 5.81. The van der Waals surface area contributed by atoms with Gasteiger partial charge in [0.05, 0.1) is 18.9 Å². The molecule has 5 nitrogen and oxygen atoms in total. The minimum Gasteiger partial charge on any atom is -0.370 e. The van der Waals surface area contributed by atoms with Crippen LogP contribution in [0.4, 0.5) is 5.82 Å². The van der Waals surface area contributed by atoms with Gasteiger partial charge in [0.1, 0.15) is 12.1 Å². The van der Waals surface area contributed by atoms with Gasteiger partial charge in [-0.1, -0.05) is 0 Å². The van der Waals surface area contributed by atoms with E-state index in [9.17, 15) is 0 Å². The van der Waals surface area contributed by atoms with Gasteiger partial charge in [-0.05, 0) is 19.4 Å². The zero-order valence-electron chi connectivity index (χ0n) is 9.20. The van der Waals surface area contributed by atoms with Crippen LogP contribution in [0.3, 0.4) is 0 Å². The minimum absolute atomic E-state index is 0.480. The van der Waals surface area contributed by atoms with E-state index in [1.165, 1.54) is 12.8 Å². The second kappa shape index (κ2) is 4.35. The van der Waals surface area contributed by atoms with Gasteiger partial charge in [-0.2, -0.15) is 0 Å². The van der Waals surface area contributed by atoms with E-state index in [0.29, 0.717) is 19.3 Å². The molecule has 16 heavy (non-hydrogen) atoms. The van der Waals surface area contributed by atoms with Gasteiger partial charge in [-0.3, -0.25) is 0 Å². The molecule has 1 fully saturated rings. The molecule has 0 bridgehead atoms. The number of ether oxygens (including phenoxy) is 1. The number of hydrogen-bond acceptors (Lipinski definition) is 5. The van der Waals surface area contributed by atoms with Crippen molar-refractivity contribution in [1.29, 1.82) is 0 Å². The molecule has 3 heterocycles. The summed E-state index contributed by atoms with van der Waals surface area (Å²) in [5.74, 6) is 0.955. The fourth-order valence-electron chi connectivity index (χ4n) is 2.27. The Balaban J connectivity index is 1.76. The van der Waals surface area contributed by atoms with Crippen molar-refractivity contribution in [3.05, 3.63) is 17.6 Å². The Kier molecular flexibility index (Phi) is 2.71. The van der Waals surface area contributed by atoms with Crippen LogP contribution in [0.25, 0.3) is 0 Å². The number of fused-ring (bicyclic) bond motifs is 1. The number of aromatic nitrogens is 2. The summed E-state index contributed by atoms with van der Waals surface area (Å²) in [6.07, 6.45) is 4.04. The second-order valence-electron chi connectivity index (χ2n) is 4.33. The molecule has 5 heteroatoms. The molecular formula is C11H16N4O. The summed E-state index contributed by atoms with van der Waals surface area (Å²) >= 11 is 0. The number of nitrogens with zero attached hydrogens (tertiary/aromatic N) is 2. The van der Waals surface area contributed by atoms with Gasteiger partial charge in [0.25, 0.3) is 0 Å². The smallest absolute Gasteiger partial charge is 0.135 e. The molecule has 0 spiro atoms. The lowest BCUT2D eigenvalue weighted by molar-refractivity contribution is 0.133. The van der Waals surface area contributed by atoms with Crippen molar-refractivity contribution >= 4 is 5.82 Å². The Morgan fingerprint density at radius 3 is 3.25 bits per heavy atom. The van der Waals surface area contributed by atoms with E-state index in [2.05, 4.69) is 20.6 Å². The fraction of sp³-hybridized carbons (Fsp3) is 0.636. The number of piperidine rings is 1. The maximum absolute atomic E-state index is 5.39. The van der Waals surface area contributed by atoms with Crippen LogP contribution in [0, 0.1) is 0 Å². The highest BCUT2D eigenvalue weighted by Gasteiger charge is 2.20. The van der Waals surface area contributed by atoms with Crippen LogP contribution in [0.1, 0.15) is 24.1 Å². The summed E-state index contributed by atoms with van der Waals surface area (Å²) in [6.45, 7) is 3.40. The van der Waals surface area contributed by atoms with Gasteiger partial charge in [0, 0.05) is 18.2 Å². The molecule has 86 valence electrons. The largest absolute Gasteiger partial charge is 0.370 e. The molecule has 1 aromatic heterocycles. The Bertz CT molecular complexity index is 376. The minimum atomic E-state index is 0.480. The van der Waals surface area contributed by atoms with Crippen LogP contribution in [-0.2, 0) is 18.0 Å². The number of anilines is 1. The molecule has 1 atom stereocenters. The monoisotopic (exact) mass is 220 g/mol. The summed E-state index contributed by atoms with van der Waals surface area (Å²) in [6, 6.07) is 0.480. The van der Waals surface area contributed by atoms with E-state index in [4.69, 9.17) is 4.74 Å². The highest BCUT2D eigenvalue weighted by Crippen LogP contribution is 2.24. The van der Waals surface area contributed by atoms with Crippen LogP contribution in [-0.4, -0.2) is 29.1 Å². The van der Waals surface area contributed by atoms with Gasteiger partial charge in [-0.15, -0.1) is 0 Å². The zero-order valence-corrected chi connectivity index (χ0v) is 9.20. The first-order valence-corrected chi connectivity index (χ1v) is 5.81. The average molecular weight is 220 g/mol. The van der Waals surface area contributed by atoms with Crippen LogP contribution in [0.5, 0.6) is 0 Å². The van der Waals surface area contributed by atoms with Crippen LogP contribution in [0.15, 0.2) is 6.33 Å². The number of hydrogen-bond donors (Lipinski definition) is 2. The standard InChI is InChI=1S/C11H16N4O/c1-2-8(4-12-3-1)15-11-9-5-16-6-10(9)13-7-14-11/h7-8,12H,1-6H2,(H,13,14,15). The van der Waals surface area contributed by atoms with Gasteiger partial charge >= 0.3 is 0 Å². The molecule has 2 N–H and O–H groups in total. The molecule has 0 aromatic carbocycles. The molecule has 2 aliphatic heterocycles. The van der Waals surface area contributed by atoms with Crippen LogP contribution >= 0.6 is 0 Å². The van der Waals surface area contributed by atoms with Crippen molar-refractivity contribution in [1.82, 2.24) is 15.3 Å². The average Bonchev–Trinajstić information content (AvgIpc) is 2.80. The van der Waals surface area contributed by atoms with E-state index < -0.39 is 0 Å². The summed E-state index contributed by atoms with van der Waals surface area (Å²) in [4.78, 5) is 8.54. The fourth-order valence-corrected chi connectivity index (χ4v) is 2.27. The lowest BCUT2D eigenvalue weighted by Crippen LogP contribution is -2.38. The molecule has 2 aliphatic rings.